The summed E-state index contributed by atoms with van der Waals surface area (Å²) in [6.07, 6.45) is 3.81. The molecule has 0 aliphatic carbocycles. The van der Waals surface area contributed by atoms with Crippen molar-refractivity contribution in [2.24, 2.45) is 0 Å². The molecule has 0 fully saturated rings. The molecule has 0 aromatic carbocycles. The topological polar surface area (TPSA) is 64.1 Å². The number of ether oxygens (including phenoxy) is 1. The van der Waals surface area contributed by atoms with Crippen LogP contribution >= 0.6 is 23.3 Å². The van der Waals surface area contributed by atoms with Crippen molar-refractivity contribution in [2.45, 2.75) is 56.3 Å². The summed E-state index contributed by atoms with van der Waals surface area (Å²) in [6, 6.07) is 0. The molecule has 1 aromatic heterocycles. The average molecular weight is 332 g/mol. The standard InChI is InChI=1S/C14H25N3O2S2/c1-5-9-15-14(3,12(18)19-4)8-6-7-10-20-13-16-11(2)17-21-13/h15H,5-10H2,1-4H3. The van der Waals surface area contributed by atoms with E-state index in [0.29, 0.717) is 0 Å². The molecule has 0 bridgehead atoms. The molecule has 0 amide bonds. The van der Waals surface area contributed by atoms with Crippen molar-refractivity contribution in [3.05, 3.63) is 5.82 Å². The first-order valence-electron chi connectivity index (χ1n) is 7.28. The number of esters is 1. The Hall–Kier alpha value is -0.660. The summed E-state index contributed by atoms with van der Waals surface area (Å²) in [6.45, 7) is 6.74. The summed E-state index contributed by atoms with van der Waals surface area (Å²) in [5.41, 5.74) is -0.575. The number of hydrogen-bond acceptors (Lipinski definition) is 7. The average Bonchev–Trinajstić information content (AvgIpc) is 2.89. The molecule has 1 N–H and O–H groups in total. The zero-order chi connectivity index (χ0) is 15.7. The molecule has 1 rings (SSSR count). The number of hydrogen-bond donors (Lipinski definition) is 1. The number of aromatic nitrogens is 2. The van der Waals surface area contributed by atoms with Crippen LogP contribution in [0.2, 0.25) is 0 Å². The Morgan fingerprint density at radius 2 is 2.24 bits per heavy atom. The van der Waals surface area contributed by atoms with Crippen LogP contribution in [0.1, 0.15) is 45.4 Å². The molecule has 1 heterocycles. The highest BCUT2D eigenvalue weighted by atomic mass is 32.2. The van der Waals surface area contributed by atoms with Crippen molar-refractivity contribution in [1.29, 1.82) is 0 Å². The number of aryl methyl sites for hydroxylation is 1. The van der Waals surface area contributed by atoms with Gasteiger partial charge in [0.2, 0.25) is 0 Å². The van der Waals surface area contributed by atoms with E-state index in [0.717, 1.165) is 48.1 Å². The first kappa shape index (κ1) is 18.4. The molecule has 0 aliphatic heterocycles. The Labute approximate surface area is 135 Å². The van der Waals surface area contributed by atoms with E-state index in [9.17, 15) is 4.79 Å². The molecule has 0 aliphatic rings. The van der Waals surface area contributed by atoms with Crippen LogP contribution in [0.25, 0.3) is 0 Å². The molecule has 0 saturated carbocycles. The minimum absolute atomic E-state index is 0.177. The van der Waals surface area contributed by atoms with Gasteiger partial charge in [-0.15, -0.1) is 0 Å². The molecule has 0 spiro atoms. The summed E-state index contributed by atoms with van der Waals surface area (Å²) in [5.74, 6) is 1.66. The van der Waals surface area contributed by atoms with Gasteiger partial charge >= 0.3 is 5.97 Å². The maximum absolute atomic E-state index is 11.9. The van der Waals surface area contributed by atoms with Crippen molar-refractivity contribution in [3.8, 4) is 0 Å². The van der Waals surface area contributed by atoms with Gasteiger partial charge in [0, 0.05) is 5.75 Å². The first-order valence-corrected chi connectivity index (χ1v) is 9.04. The summed E-state index contributed by atoms with van der Waals surface area (Å²) < 4.78 is 10.1. The van der Waals surface area contributed by atoms with Gasteiger partial charge in [-0.1, -0.05) is 25.1 Å². The Morgan fingerprint density at radius 3 is 2.81 bits per heavy atom. The van der Waals surface area contributed by atoms with Crippen LogP contribution in [0.5, 0.6) is 0 Å². The van der Waals surface area contributed by atoms with Gasteiger partial charge in [0.1, 0.15) is 11.4 Å². The predicted octanol–water partition coefficient (Wildman–Crippen LogP) is 3.04. The maximum atomic E-state index is 11.9. The van der Waals surface area contributed by atoms with Crippen LogP contribution in [0, 0.1) is 6.92 Å². The molecule has 0 radical (unpaired) electrons. The monoisotopic (exact) mass is 331 g/mol. The SMILES string of the molecule is CCCNC(C)(CCCCSc1nc(C)ns1)C(=O)OC. The minimum Gasteiger partial charge on any atom is -0.468 e. The molecular formula is C14H25N3O2S2. The van der Waals surface area contributed by atoms with Crippen LogP contribution in [-0.4, -0.2) is 40.3 Å². The van der Waals surface area contributed by atoms with Crippen molar-refractivity contribution < 1.29 is 9.53 Å². The second-order valence-electron chi connectivity index (χ2n) is 5.16. The van der Waals surface area contributed by atoms with E-state index >= 15 is 0 Å². The minimum atomic E-state index is -0.575. The fraction of sp³-hybridized carbons (Fsp3) is 0.786. The van der Waals surface area contributed by atoms with E-state index in [-0.39, 0.29) is 5.97 Å². The Bertz CT molecular complexity index is 440. The lowest BCUT2D eigenvalue weighted by Gasteiger charge is -2.28. The third-order valence-corrected chi connectivity index (χ3v) is 5.22. The van der Waals surface area contributed by atoms with Crippen molar-refractivity contribution in [2.75, 3.05) is 19.4 Å². The summed E-state index contributed by atoms with van der Waals surface area (Å²) in [4.78, 5) is 16.2. The smallest absolute Gasteiger partial charge is 0.325 e. The molecule has 1 aromatic rings. The van der Waals surface area contributed by atoms with Gasteiger partial charge in [-0.25, -0.2) is 4.98 Å². The lowest BCUT2D eigenvalue weighted by Crippen LogP contribution is -2.50. The Balaban J connectivity index is 2.31. The lowest BCUT2D eigenvalue weighted by molar-refractivity contribution is -0.148. The number of carbonyl (C=O) groups is 1. The second-order valence-corrected chi connectivity index (χ2v) is 7.26. The molecular weight excluding hydrogens is 306 g/mol. The number of methoxy groups -OCH3 is 1. The maximum Gasteiger partial charge on any atom is 0.325 e. The van der Waals surface area contributed by atoms with Crippen LogP contribution < -0.4 is 5.32 Å². The number of rotatable bonds is 10. The number of unbranched alkanes of at least 4 members (excludes halogenated alkanes) is 1. The van der Waals surface area contributed by atoms with Crippen molar-refractivity contribution >= 4 is 29.3 Å². The quantitative estimate of drug-likeness (QED) is 0.404. The van der Waals surface area contributed by atoms with Crippen LogP contribution in [0.4, 0.5) is 0 Å². The van der Waals surface area contributed by atoms with Gasteiger partial charge in [0.25, 0.3) is 0 Å². The number of thioether (sulfide) groups is 1. The van der Waals surface area contributed by atoms with Crippen LogP contribution in [0.15, 0.2) is 4.34 Å². The van der Waals surface area contributed by atoms with E-state index in [1.165, 1.54) is 18.6 Å². The molecule has 7 heteroatoms. The van der Waals surface area contributed by atoms with Crippen molar-refractivity contribution in [3.63, 3.8) is 0 Å². The van der Waals surface area contributed by atoms with Gasteiger partial charge in [0.05, 0.1) is 7.11 Å². The van der Waals surface area contributed by atoms with E-state index in [1.54, 1.807) is 11.8 Å². The van der Waals surface area contributed by atoms with Gasteiger partial charge in [-0.3, -0.25) is 4.79 Å². The first-order chi connectivity index (χ1) is 10.0. The third kappa shape index (κ3) is 6.32. The van der Waals surface area contributed by atoms with Gasteiger partial charge < -0.3 is 10.1 Å². The summed E-state index contributed by atoms with van der Waals surface area (Å²) in [7, 11) is 1.45. The molecule has 1 atom stereocenters. The zero-order valence-corrected chi connectivity index (χ0v) is 14.9. The highest BCUT2D eigenvalue weighted by molar-refractivity contribution is 8.00. The van der Waals surface area contributed by atoms with Crippen LogP contribution in [-0.2, 0) is 9.53 Å². The molecule has 5 nitrogen and oxygen atoms in total. The molecule has 0 saturated heterocycles. The second kappa shape index (κ2) is 9.38. The van der Waals surface area contributed by atoms with E-state index in [2.05, 4.69) is 21.6 Å². The fourth-order valence-corrected chi connectivity index (χ4v) is 3.68. The molecule has 1 unspecified atom stereocenters. The van der Waals surface area contributed by atoms with Crippen molar-refractivity contribution in [1.82, 2.24) is 14.7 Å². The Kier molecular flexibility index (Phi) is 8.21. The summed E-state index contributed by atoms with van der Waals surface area (Å²) >= 11 is 3.18. The normalized spacial score (nSPS) is 13.9. The van der Waals surface area contributed by atoms with E-state index in [1.807, 2.05) is 13.8 Å². The highest BCUT2D eigenvalue weighted by Crippen LogP contribution is 2.23. The zero-order valence-electron chi connectivity index (χ0n) is 13.3. The predicted molar refractivity (Wildman–Crippen MR) is 87.9 cm³/mol. The third-order valence-electron chi connectivity index (χ3n) is 3.21. The number of nitrogens with zero attached hydrogens (tertiary/aromatic N) is 2. The highest BCUT2D eigenvalue weighted by Gasteiger charge is 2.32. The van der Waals surface area contributed by atoms with E-state index < -0.39 is 5.54 Å². The van der Waals surface area contributed by atoms with E-state index in [4.69, 9.17) is 4.74 Å². The lowest BCUT2D eigenvalue weighted by atomic mass is 9.95. The fourth-order valence-electron chi connectivity index (χ4n) is 1.97. The van der Waals surface area contributed by atoms with Gasteiger partial charge in [-0.05, 0) is 51.2 Å². The van der Waals surface area contributed by atoms with Gasteiger partial charge in [-0.2, -0.15) is 4.37 Å². The summed E-state index contributed by atoms with van der Waals surface area (Å²) in [5, 5.41) is 3.31. The molecule has 21 heavy (non-hydrogen) atoms. The molecule has 120 valence electrons. The number of carbonyl (C=O) groups excluding carboxylic acids is 1. The Morgan fingerprint density at radius 1 is 1.48 bits per heavy atom. The number of nitrogens with one attached hydrogen (secondary N) is 1. The largest absolute Gasteiger partial charge is 0.468 e. The van der Waals surface area contributed by atoms with Crippen LogP contribution in [0.3, 0.4) is 0 Å². The van der Waals surface area contributed by atoms with Gasteiger partial charge in [0.15, 0.2) is 4.34 Å².